The van der Waals surface area contributed by atoms with Crippen LogP contribution in [0, 0.1) is 13.8 Å². The molecule has 0 unspecified atom stereocenters. The molecule has 1 N–H and O–H groups in total. The van der Waals surface area contributed by atoms with Gasteiger partial charge in [-0.15, -0.1) is 0 Å². The quantitative estimate of drug-likeness (QED) is 0.622. The van der Waals surface area contributed by atoms with Crippen molar-refractivity contribution < 1.29 is 13.2 Å². The first-order valence-corrected chi connectivity index (χ1v) is 12.0. The zero-order valence-electron chi connectivity index (χ0n) is 17.8. The molecule has 2 aromatic carbocycles. The molecule has 1 fully saturated rings. The summed E-state index contributed by atoms with van der Waals surface area (Å²) >= 11 is 0. The Morgan fingerprint density at radius 1 is 1.03 bits per heavy atom. The zero-order chi connectivity index (χ0) is 21.6. The number of rotatable bonds is 9. The number of carbonyl (C=O) groups is 1. The molecule has 0 aromatic heterocycles. The summed E-state index contributed by atoms with van der Waals surface area (Å²) in [7, 11) is -3.86. The van der Waals surface area contributed by atoms with Crippen LogP contribution in [-0.2, 0) is 14.8 Å². The molecule has 7 heteroatoms. The Kier molecular flexibility index (Phi) is 7.50. The van der Waals surface area contributed by atoms with Gasteiger partial charge in [0.1, 0.15) is 6.54 Å². The summed E-state index contributed by atoms with van der Waals surface area (Å²) in [6.07, 6.45) is 3.35. The van der Waals surface area contributed by atoms with Crippen LogP contribution in [0.1, 0.15) is 30.4 Å². The van der Waals surface area contributed by atoms with Crippen LogP contribution in [0.15, 0.2) is 53.4 Å². The van der Waals surface area contributed by atoms with Crippen molar-refractivity contribution in [3.05, 3.63) is 59.7 Å². The average Bonchev–Trinajstić information content (AvgIpc) is 3.23. The molecule has 0 radical (unpaired) electrons. The predicted molar refractivity (Wildman–Crippen MR) is 120 cm³/mol. The molecule has 0 saturated carbocycles. The minimum atomic E-state index is -3.86. The molecule has 1 amide bonds. The van der Waals surface area contributed by atoms with Gasteiger partial charge in [-0.05, 0) is 82.6 Å². The summed E-state index contributed by atoms with van der Waals surface area (Å²) in [5.41, 5.74) is 2.40. The zero-order valence-corrected chi connectivity index (χ0v) is 18.6. The molecule has 1 aliphatic heterocycles. The van der Waals surface area contributed by atoms with Crippen LogP contribution in [0.5, 0.6) is 0 Å². The van der Waals surface area contributed by atoms with E-state index in [1.807, 2.05) is 19.9 Å². The molecule has 2 aromatic rings. The van der Waals surface area contributed by atoms with Crippen LogP contribution in [0.3, 0.4) is 0 Å². The van der Waals surface area contributed by atoms with Gasteiger partial charge in [0.15, 0.2) is 0 Å². The Hall–Kier alpha value is -2.38. The maximum atomic E-state index is 13.3. The number of hydrogen-bond donors (Lipinski definition) is 1. The predicted octanol–water partition coefficient (Wildman–Crippen LogP) is 3.10. The number of anilines is 1. The largest absolute Gasteiger partial charge is 0.354 e. The molecular weight excluding hydrogens is 398 g/mol. The monoisotopic (exact) mass is 429 g/mol. The number of carbonyl (C=O) groups excluding carboxylic acids is 1. The molecular formula is C23H31N3O3S. The summed E-state index contributed by atoms with van der Waals surface area (Å²) in [6.45, 7) is 7.32. The molecule has 3 rings (SSSR count). The fourth-order valence-electron chi connectivity index (χ4n) is 3.66. The van der Waals surface area contributed by atoms with E-state index in [9.17, 15) is 13.2 Å². The lowest BCUT2D eigenvalue weighted by Crippen LogP contribution is -2.41. The summed E-state index contributed by atoms with van der Waals surface area (Å²) in [5.74, 6) is -0.298. The lowest BCUT2D eigenvalue weighted by atomic mass is 10.2. The third-order valence-electron chi connectivity index (χ3n) is 5.36. The topological polar surface area (TPSA) is 69.7 Å². The van der Waals surface area contributed by atoms with Crippen LogP contribution < -0.4 is 9.62 Å². The van der Waals surface area contributed by atoms with Crippen molar-refractivity contribution in [2.24, 2.45) is 0 Å². The van der Waals surface area contributed by atoms with Crippen molar-refractivity contribution in [3.8, 4) is 0 Å². The lowest BCUT2D eigenvalue weighted by molar-refractivity contribution is -0.119. The van der Waals surface area contributed by atoms with E-state index in [1.165, 1.54) is 17.1 Å². The van der Waals surface area contributed by atoms with Gasteiger partial charge < -0.3 is 10.2 Å². The second-order valence-corrected chi connectivity index (χ2v) is 9.78. The van der Waals surface area contributed by atoms with Crippen molar-refractivity contribution in [3.63, 3.8) is 0 Å². The van der Waals surface area contributed by atoms with E-state index in [0.717, 1.165) is 37.2 Å². The second-order valence-electron chi connectivity index (χ2n) is 7.92. The first-order valence-electron chi connectivity index (χ1n) is 10.5. The Morgan fingerprint density at radius 3 is 2.40 bits per heavy atom. The fourth-order valence-corrected chi connectivity index (χ4v) is 5.07. The first kappa shape index (κ1) is 22.3. The normalized spacial score (nSPS) is 14.6. The van der Waals surface area contributed by atoms with Gasteiger partial charge in [-0.25, -0.2) is 8.42 Å². The van der Waals surface area contributed by atoms with E-state index in [-0.39, 0.29) is 17.3 Å². The summed E-state index contributed by atoms with van der Waals surface area (Å²) < 4.78 is 27.9. The van der Waals surface area contributed by atoms with Gasteiger partial charge in [-0.3, -0.25) is 9.10 Å². The maximum Gasteiger partial charge on any atom is 0.264 e. The highest BCUT2D eigenvalue weighted by molar-refractivity contribution is 7.92. The molecule has 0 bridgehead atoms. The SMILES string of the molecule is Cc1ccc(S(=O)(=O)N(CC(=O)NCCCN2CCCC2)c2cccc(C)c2)cc1. The third kappa shape index (κ3) is 5.83. The standard InChI is InChI=1S/C23H31N3O3S/c1-19-9-11-22(12-10-19)30(28,29)26(21-8-5-7-20(2)17-21)18-23(27)24-13-6-16-25-14-3-4-15-25/h5,7-12,17H,3-4,6,13-16,18H2,1-2H3,(H,24,27). The summed E-state index contributed by atoms with van der Waals surface area (Å²) in [4.78, 5) is 15.2. The molecule has 1 saturated heterocycles. The lowest BCUT2D eigenvalue weighted by Gasteiger charge is -2.24. The van der Waals surface area contributed by atoms with Gasteiger partial charge in [0.2, 0.25) is 5.91 Å². The number of aryl methyl sites for hydroxylation is 2. The molecule has 162 valence electrons. The van der Waals surface area contributed by atoms with E-state index in [2.05, 4.69) is 10.2 Å². The summed E-state index contributed by atoms with van der Waals surface area (Å²) in [5, 5.41) is 2.88. The smallest absolute Gasteiger partial charge is 0.264 e. The Bertz CT molecular complexity index is 952. The Morgan fingerprint density at radius 2 is 1.73 bits per heavy atom. The molecule has 1 heterocycles. The molecule has 0 aliphatic carbocycles. The number of sulfonamides is 1. The molecule has 0 spiro atoms. The van der Waals surface area contributed by atoms with E-state index in [1.54, 1.807) is 42.5 Å². The van der Waals surface area contributed by atoms with Crippen LogP contribution >= 0.6 is 0 Å². The van der Waals surface area contributed by atoms with Gasteiger partial charge in [0, 0.05) is 6.54 Å². The van der Waals surface area contributed by atoms with Crippen LogP contribution in [-0.4, -0.2) is 51.9 Å². The van der Waals surface area contributed by atoms with E-state index in [0.29, 0.717) is 12.2 Å². The fraction of sp³-hybridized carbons (Fsp3) is 0.435. The highest BCUT2D eigenvalue weighted by atomic mass is 32.2. The number of nitrogens with one attached hydrogen (secondary N) is 1. The Balaban J connectivity index is 1.71. The van der Waals surface area contributed by atoms with E-state index in [4.69, 9.17) is 0 Å². The average molecular weight is 430 g/mol. The van der Waals surface area contributed by atoms with Gasteiger partial charge >= 0.3 is 0 Å². The molecule has 6 nitrogen and oxygen atoms in total. The minimum absolute atomic E-state index is 0.177. The number of hydrogen-bond acceptors (Lipinski definition) is 4. The number of benzene rings is 2. The van der Waals surface area contributed by atoms with Gasteiger partial charge in [0.25, 0.3) is 10.0 Å². The van der Waals surface area contributed by atoms with Crippen LogP contribution in [0.2, 0.25) is 0 Å². The highest BCUT2D eigenvalue weighted by Gasteiger charge is 2.27. The number of amides is 1. The van der Waals surface area contributed by atoms with Gasteiger partial charge in [-0.1, -0.05) is 29.8 Å². The van der Waals surface area contributed by atoms with Crippen molar-refractivity contribution in [2.75, 3.05) is 37.0 Å². The third-order valence-corrected chi connectivity index (χ3v) is 7.15. The van der Waals surface area contributed by atoms with Crippen molar-refractivity contribution in [1.29, 1.82) is 0 Å². The van der Waals surface area contributed by atoms with Crippen molar-refractivity contribution in [2.45, 2.75) is 38.0 Å². The highest BCUT2D eigenvalue weighted by Crippen LogP contribution is 2.24. The maximum absolute atomic E-state index is 13.3. The number of likely N-dealkylation sites (tertiary alicyclic amines) is 1. The second kappa shape index (κ2) is 10.1. The molecule has 30 heavy (non-hydrogen) atoms. The van der Waals surface area contributed by atoms with Crippen LogP contribution in [0.25, 0.3) is 0 Å². The van der Waals surface area contributed by atoms with Crippen molar-refractivity contribution in [1.82, 2.24) is 10.2 Å². The van der Waals surface area contributed by atoms with E-state index >= 15 is 0 Å². The number of nitrogens with zero attached hydrogens (tertiary/aromatic N) is 2. The Labute approximate surface area is 179 Å². The minimum Gasteiger partial charge on any atom is -0.354 e. The van der Waals surface area contributed by atoms with Gasteiger partial charge in [-0.2, -0.15) is 0 Å². The van der Waals surface area contributed by atoms with E-state index < -0.39 is 10.0 Å². The molecule has 1 aliphatic rings. The van der Waals surface area contributed by atoms with Crippen molar-refractivity contribution >= 4 is 21.6 Å². The van der Waals surface area contributed by atoms with Gasteiger partial charge in [0.05, 0.1) is 10.6 Å². The first-order chi connectivity index (χ1) is 14.4. The molecule has 0 atom stereocenters. The van der Waals surface area contributed by atoms with Crippen LogP contribution in [0.4, 0.5) is 5.69 Å². The summed E-state index contributed by atoms with van der Waals surface area (Å²) in [6, 6.07) is 13.9.